The molecule has 1 aromatic heterocycles. The minimum absolute atomic E-state index is 0.0209. The summed E-state index contributed by atoms with van der Waals surface area (Å²) < 4.78 is 5.36. The van der Waals surface area contributed by atoms with E-state index in [1.807, 2.05) is 26.8 Å². The summed E-state index contributed by atoms with van der Waals surface area (Å²) >= 11 is 1.61. The van der Waals surface area contributed by atoms with E-state index in [-0.39, 0.29) is 18.4 Å². The Morgan fingerprint density at radius 3 is 2.43 bits per heavy atom. The van der Waals surface area contributed by atoms with Crippen molar-refractivity contribution in [2.24, 2.45) is 0 Å². The van der Waals surface area contributed by atoms with E-state index >= 15 is 0 Å². The molecule has 122 valence electrons. The number of likely N-dealkylation sites (N-methyl/N-ethyl adjacent to an activating group) is 1. The van der Waals surface area contributed by atoms with E-state index in [2.05, 4.69) is 10.6 Å². The zero-order chi connectivity index (χ0) is 16.8. The molecule has 0 spiro atoms. The Bertz CT molecular complexity index is 692. The number of amides is 2. The molecule has 0 radical (unpaired) electrons. The molecule has 2 aromatic rings. The molecule has 1 aromatic carbocycles. The highest BCUT2D eigenvalue weighted by atomic mass is 32.1. The molecule has 0 bridgehead atoms. The lowest BCUT2D eigenvalue weighted by atomic mass is 10.2. The van der Waals surface area contributed by atoms with Crippen molar-refractivity contribution in [3.8, 4) is 5.75 Å². The Labute approximate surface area is 139 Å². The van der Waals surface area contributed by atoms with Gasteiger partial charge in [-0.1, -0.05) is 0 Å². The third kappa shape index (κ3) is 4.82. The zero-order valence-corrected chi connectivity index (χ0v) is 14.3. The molecule has 0 saturated heterocycles. The Balaban J connectivity index is 1.93. The van der Waals surface area contributed by atoms with Gasteiger partial charge in [-0.05, 0) is 51.1 Å². The molecule has 0 unspecified atom stereocenters. The fraction of sp³-hybridized carbons (Fsp3) is 0.294. The average Bonchev–Trinajstić information content (AvgIpc) is 2.85. The van der Waals surface area contributed by atoms with Crippen molar-refractivity contribution in [2.45, 2.75) is 20.8 Å². The quantitative estimate of drug-likeness (QED) is 0.854. The van der Waals surface area contributed by atoms with Crippen LogP contribution in [0.5, 0.6) is 5.75 Å². The van der Waals surface area contributed by atoms with Crippen molar-refractivity contribution in [1.29, 1.82) is 0 Å². The highest BCUT2D eigenvalue weighted by Crippen LogP contribution is 2.22. The van der Waals surface area contributed by atoms with E-state index < -0.39 is 0 Å². The van der Waals surface area contributed by atoms with E-state index in [1.54, 1.807) is 35.6 Å². The van der Waals surface area contributed by atoms with Crippen molar-refractivity contribution < 1.29 is 14.3 Å². The molecule has 1 heterocycles. The molecule has 0 aliphatic rings. The van der Waals surface area contributed by atoms with E-state index in [0.717, 1.165) is 9.75 Å². The lowest BCUT2D eigenvalue weighted by Gasteiger charge is -2.08. The number of aryl methyl sites for hydroxylation is 2. The Kier molecular flexibility index (Phi) is 5.76. The summed E-state index contributed by atoms with van der Waals surface area (Å²) in [5.74, 6) is 0.299. The summed E-state index contributed by atoms with van der Waals surface area (Å²) in [5.41, 5.74) is 1.38. The molecule has 23 heavy (non-hydrogen) atoms. The first-order chi connectivity index (χ1) is 11.0. The van der Waals surface area contributed by atoms with E-state index in [9.17, 15) is 9.59 Å². The van der Waals surface area contributed by atoms with Gasteiger partial charge in [-0.25, -0.2) is 0 Å². The number of benzene rings is 1. The monoisotopic (exact) mass is 332 g/mol. The summed E-state index contributed by atoms with van der Waals surface area (Å²) in [7, 11) is 0. The number of anilines is 1. The van der Waals surface area contributed by atoms with E-state index in [0.29, 0.717) is 23.5 Å². The Morgan fingerprint density at radius 1 is 1.17 bits per heavy atom. The maximum absolute atomic E-state index is 12.2. The first kappa shape index (κ1) is 17.0. The SMILES string of the molecule is CCNC(=O)COc1ccc(NC(=O)c2cc(C)sc2C)cc1. The molecule has 2 amide bonds. The summed E-state index contributed by atoms with van der Waals surface area (Å²) in [5, 5.41) is 5.52. The first-order valence-corrected chi connectivity index (χ1v) is 8.19. The van der Waals surface area contributed by atoms with Gasteiger partial charge in [0.15, 0.2) is 6.61 Å². The van der Waals surface area contributed by atoms with Gasteiger partial charge in [0.05, 0.1) is 5.56 Å². The van der Waals surface area contributed by atoms with Gasteiger partial charge in [0.25, 0.3) is 11.8 Å². The van der Waals surface area contributed by atoms with E-state index in [1.165, 1.54) is 0 Å². The topological polar surface area (TPSA) is 67.4 Å². The molecule has 0 saturated carbocycles. The summed E-state index contributed by atoms with van der Waals surface area (Å²) in [6, 6.07) is 8.83. The molecular formula is C17H20N2O3S. The molecule has 0 aliphatic carbocycles. The highest BCUT2D eigenvalue weighted by Gasteiger charge is 2.12. The van der Waals surface area contributed by atoms with Crippen molar-refractivity contribution >= 4 is 28.8 Å². The molecule has 0 aliphatic heterocycles. The minimum atomic E-state index is -0.159. The number of ether oxygens (including phenoxy) is 1. The number of hydrogen-bond acceptors (Lipinski definition) is 4. The fourth-order valence-electron chi connectivity index (χ4n) is 2.09. The predicted molar refractivity (Wildman–Crippen MR) is 92.4 cm³/mol. The molecule has 2 rings (SSSR count). The van der Waals surface area contributed by atoms with Crippen LogP contribution in [-0.2, 0) is 4.79 Å². The third-order valence-electron chi connectivity index (χ3n) is 3.14. The number of thiophene rings is 1. The van der Waals surface area contributed by atoms with Crippen molar-refractivity contribution in [3.05, 3.63) is 45.6 Å². The number of carbonyl (C=O) groups is 2. The van der Waals surface area contributed by atoms with Crippen LogP contribution in [0.25, 0.3) is 0 Å². The van der Waals surface area contributed by atoms with Crippen LogP contribution in [0, 0.1) is 13.8 Å². The average molecular weight is 332 g/mol. The third-order valence-corrected chi connectivity index (χ3v) is 4.11. The largest absolute Gasteiger partial charge is 0.484 e. The van der Waals surface area contributed by atoms with Gasteiger partial charge in [-0.15, -0.1) is 11.3 Å². The summed E-state index contributed by atoms with van der Waals surface area (Å²) in [6.45, 7) is 6.33. The highest BCUT2D eigenvalue weighted by molar-refractivity contribution is 7.12. The van der Waals surface area contributed by atoms with Gasteiger partial charge in [-0.2, -0.15) is 0 Å². The van der Waals surface area contributed by atoms with Gasteiger partial charge < -0.3 is 15.4 Å². The lowest BCUT2D eigenvalue weighted by Crippen LogP contribution is -2.28. The molecule has 0 atom stereocenters. The Morgan fingerprint density at radius 2 is 1.87 bits per heavy atom. The van der Waals surface area contributed by atoms with Crippen LogP contribution in [0.3, 0.4) is 0 Å². The van der Waals surface area contributed by atoms with Crippen molar-refractivity contribution in [1.82, 2.24) is 5.32 Å². The second-order valence-corrected chi connectivity index (χ2v) is 6.51. The van der Waals surface area contributed by atoms with Crippen LogP contribution in [-0.4, -0.2) is 25.0 Å². The molecule has 5 nitrogen and oxygen atoms in total. The van der Waals surface area contributed by atoms with Gasteiger partial charge in [0, 0.05) is 22.0 Å². The maximum atomic E-state index is 12.2. The predicted octanol–water partition coefficient (Wildman–Crippen LogP) is 3.13. The summed E-state index contributed by atoms with van der Waals surface area (Å²) in [4.78, 5) is 25.7. The molecule has 6 heteroatoms. The van der Waals surface area contributed by atoms with Gasteiger partial charge in [0.1, 0.15) is 5.75 Å². The van der Waals surface area contributed by atoms with Crippen LogP contribution in [0.4, 0.5) is 5.69 Å². The lowest BCUT2D eigenvalue weighted by molar-refractivity contribution is -0.122. The zero-order valence-electron chi connectivity index (χ0n) is 13.4. The van der Waals surface area contributed by atoms with Gasteiger partial charge >= 0.3 is 0 Å². The van der Waals surface area contributed by atoms with Gasteiger partial charge in [-0.3, -0.25) is 9.59 Å². The number of rotatable bonds is 6. The number of nitrogens with one attached hydrogen (secondary N) is 2. The van der Waals surface area contributed by atoms with Crippen molar-refractivity contribution in [3.63, 3.8) is 0 Å². The fourth-order valence-corrected chi connectivity index (χ4v) is 3.01. The van der Waals surface area contributed by atoms with Gasteiger partial charge in [0.2, 0.25) is 0 Å². The smallest absolute Gasteiger partial charge is 0.257 e. The summed E-state index contributed by atoms with van der Waals surface area (Å²) in [6.07, 6.45) is 0. The van der Waals surface area contributed by atoms with Crippen LogP contribution < -0.4 is 15.4 Å². The molecule has 2 N–H and O–H groups in total. The minimum Gasteiger partial charge on any atom is -0.484 e. The molecular weight excluding hydrogens is 312 g/mol. The van der Waals surface area contributed by atoms with Crippen LogP contribution >= 0.6 is 11.3 Å². The van der Waals surface area contributed by atoms with Crippen molar-refractivity contribution in [2.75, 3.05) is 18.5 Å². The van der Waals surface area contributed by atoms with Crippen LogP contribution in [0.15, 0.2) is 30.3 Å². The normalized spacial score (nSPS) is 10.2. The standard InChI is InChI=1S/C17H20N2O3S/c1-4-18-16(20)10-22-14-7-5-13(6-8-14)19-17(21)15-9-11(2)23-12(15)3/h5-9H,4,10H2,1-3H3,(H,18,20)(H,19,21). The second-order valence-electron chi connectivity index (χ2n) is 5.05. The van der Waals surface area contributed by atoms with Crippen LogP contribution in [0.1, 0.15) is 27.0 Å². The van der Waals surface area contributed by atoms with E-state index in [4.69, 9.17) is 4.74 Å². The first-order valence-electron chi connectivity index (χ1n) is 7.37. The maximum Gasteiger partial charge on any atom is 0.257 e. The molecule has 0 fully saturated rings. The number of carbonyl (C=O) groups excluding carboxylic acids is 2. The number of hydrogen-bond donors (Lipinski definition) is 2. The second kappa shape index (κ2) is 7.78. The Hall–Kier alpha value is -2.34. The van der Waals surface area contributed by atoms with Crippen LogP contribution in [0.2, 0.25) is 0 Å².